The van der Waals surface area contributed by atoms with E-state index < -0.39 is 293 Å². The lowest BCUT2D eigenvalue weighted by Crippen LogP contribution is -2.89. The first kappa shape index (κ1) is 86.3. The van der Waals surface area contributed by atoms with E-state index in [0.29, 0.717) is 12.8 Å². The highest BCUT2D eigenvalue weighted by molar-refractivity contribution is 7.66. The van der Waals surface area contributed by atoms with Gasteiger partial charge in [-0.1, -0.05) is 116 Å². The molecule has 0 heterocycles. The molecule has 36 heteroatoms. The van der Waals surface area contributed by atoms with Crippen LogP contribution in [0.25, 0.3) is 0 Å². The number of alkyl halides is 29. The molecule has 0 saturated carbocycles. The zero-order chi connectivity index (χ0) is 69.5. The molecule has 1 rings (SSSR count). The van der Waals surface area contributed by atoms with E-state index in [1.165, 1.54) is 0 Å². The average Bonchev–Trinajstić information content (AvgIpc) is 0.696. The molecular formula is C53H72BF34P. The van der Waals surface area contributed by atoms with Gasteiger partial charge in [0.1, 0.15) is 32.6 Å². The Balaban J connectivity index is 0.00000229. The van der Waals surface area contributed by atoms with E-state index in [4.69, 9.17) is 0 Å². The van der Waals surface area contributed by atoms with Crippen molar-refractivity contribution < 1.29 is 149 Å². The van der Waals surface area contributed by atoms with Crippen molar-refractivity contribution in [2.45, 2.75) is 290 Å². The second kappa shape index (κ2) is 36.9. The van der Waals surface area contributed by atoms with Crippen molar-refractivity contribution in [3.63, 3.8) is 0 Å². The smallest absolute Gasteiger partial charge is 0.248 e. The molecule has 530 valence electrons. The van der Waals surface area contributed by atoms with Crippen LogP contribution in [-0.4, -0.2) is 96.8 Å². The highest BCUT2D eigenvalue weighted by Gasteiger charge is 2.89. The summed E-state index contributed by atoms with van der Waals surface area (Å²) in [5.41, 5.74) is -5.57. The first-order chi connectivity index (χ1) is 40.4. The zero-order valence-electron chi connectivity index (χ0n) is 47.9. The van der Waals surface area contributed by atoms with E-state index in [9.17, 15) is 96.6 Å². The van der Waals surface area contributed by atoms with E-state index in [1.807, 2.05) is 6.92 Å². The van der Waals surface area contributed by atoms with Gasteiger partial charge in [-0.05, 0) is 64.2 Å². The Morgan fingerprint density at radius 2 is 0.506 bits per heavy atom. The van der Waals surface area contributed by atoms with Crippen LogP contribution in [0, 0.1) is 29.1 Å². The summed E-state index contributed by atoms with van der Waals surface area (Å²) < 4.78 is 478. The average molecular weight is 1400 g/mol. The summed E-state index contributed by atoms with van der Waals surface area (Å²) in [6.45, 7) is 1.96. The first-order valence-corrected chi connectivity index (χ1v) is 30.4. The molecule has 0 N–H and O–H groups in total. The third-order valence-corrected chi connectivity index (χ3v) is 17.9. The van der Waals surface area contributed by atoms with Crippen LogP contribution in [0.15, 0.2) is 0 Å². The van der Waals surface area contributed by atoms with Crippen LogP contribution in [0.1, 0.15) is 206 Å². The summed E-state index contributed by atoms with van der Waals surface area (Å²) in [6.07, 6.45) is -75.0. The molecule has 0 aliphatic carbocycles. The lowest BCUT2D eigenvalue weighted by atomic mass is 9.09. The van der Waals surface area contributed by atoms with Crippen LogP contribution in [0.5, 0.6) is 0 Å². The quantitative estimate of drug-likeness (QED) is 0.0153. The molecule has 0 fully saturated rings. The Hall–Kier alpha value is -2.67. The molecule has 0 aliphatic rings. The van der Waals surface area contributed by atoms with Crippen LogP contribution >= 0.6 is 7.92 Å². The van der Waals surface area contributed by atoms with E-state index >= 15 is 52.7 Å². The molecule has 5 atom stereocenters. The molecule has 0 bridgehead atoms. The molecule has 0 aliphatic heterocycles. The molecule has 0 amide bonds. The maximum atomic E-state index is 16.5. The highest BCUT2D eigenvalue weighted by Crippen LogP contribution is 2.63. The number of halogens is 34. The van der Waals surface area contributed by atoms with Crippen molar-refractivity contribution in [3.05, 3.63) is 29.1 Å². The monoisotopic (exact) mass is 1400 g/mol. The fraction of sp³-hybridized carbons (Fsp3) is 0.887. The zero-order valence-corrected chi connectivity index (χ0v) is 48.9. The van der Waals surface area contributed by atoms with Gasteiger partial charge in [0.2, 0.25) is 29.1 Å². The van der Waals surface area contributed by atoms with Crippen molar-refractivity contribution in [3.8, 4) is 0 Å². The summed E-state index contributed by atoms with van der Waals surface area (Å²) >= 11 is 0. The predicted molar refractivity (Wildman–Crippen MR) is 268 cm³/mol. The Morgan fingerprint density at radius 3 is 0.742 bits per heavy atom. The van der Waals surface area contributed by atoms with E-state index in [1.54, 1.807) is 0 Å². The molecule has 0 spiro atoms. The molecule has 0 saturated heterocycles. The summed E-state index contributed by atoms with van der Waals surface area (Å²) in [6, 6.07) is 0. The van der Waals surface area contributed by atoms with Gasteiger partial charge in [-0.25, -0.2) is 65.9 Å². The van der Waals surface area contributed by atoms with Gasteiger partial charge in [-0.3, -0.25) is 0 Å². The molecule has 1 aromatic rings. The maximum absolute atomic E-state index is 16.5. The summed E-state index contributed by atoms with van der Waals surface area (Å²) in [4.78, 5) is 0. The Morgan fingerprint density at radius 1 is 0.292 bits per heavy atom. The minimum Gasteiger partial charge on any atom is -0.248 e. The fourth-order valence-electron chi connectivity index (χ4n) is 10.1. The van der Waals surface area contributed by atoms with E-state index in [2.05, 4.69) is 0 Å². The van der Waals surface area contributed by atoms with Gasteiger partial charge in [-0.15, -0.1) is 0 Å². The van der Waals surface area contributed by atoms with Crippen molar-refractivity contribution in [1.82, 2.24) is 0 Å². The highest BCUT2D eigenvalue weighted by atomic mass is 31.1. The van der Waals surface area contributed by atoms with Gasteiger partial charge in [0.25, 0.3) is 0 Å². The van der Waals surface area contributed by atoms with Gasteiger partial charge < -0.3 is 0 Å². The molecular weight excluding hydrogens is 1320 g/mol. The van der Waals surface area contributed by atoms with Crippen LogP contribution in [0.3, 0.4) is 0 Å². The maximum Gasteiger partial charge on any atom is 0.493 e. The van der Waals surface area contributed by atoms with Gasteiger partial charge in [0.15, 0.2) is 28.6 Å². The fourth-order valence-corrected chi connectivity index (χ4v) is 12.7. The normalized spacial score (nSPS) is 16.2. The first-order valence-electron chi connectivity index (χ1n) is 28.7. The number of benzene rings is 1. The topological polar surface area (TPSA) is 0 Å². The van der Waals surface area contributed by atoms with E-state index in [-0.39, 0.29) is 12.8 Å². The number of rotatable bonds is 42. The standard InChI is InChI=1S/C36H52BF24.C17H19F10P/c38-25(17-9-1-5-13-21-29(42,43)44)33(54,55)37(34(56,57)26(39)18-10-2-6-14-22-30(45,46)47,35(58,59)27(40)19-11-3-7-15-23-31(48,49)50)36(60,61)28(41)20-12-4-8-16-24-32(51,52)53;1-2-3-4-5-6-7-8-9-28(17(26,27)16(23,24)25)15-13(21)11(19)10(18)12(20)14(15)22/h25-28H,1-24H2;2-9H2,1H3/q-1;/p+1. The summed E-state index contributed by atoms with van der Waals surface area (Å²) in [7, 11) is -4.53. The second-order valence-corrected chi connectivity index (χ2v) is 24.7. The second-order valence-electron chi connectivity index (χ2n) is 22.1. The number of hydrogen-bond acceptors (Lipinski definition) is 0. The van der Waals surface area contributed by atoms with Crippen molar-refractivity contribution >= 4 is 19.4 Å². The van der Waals surface area contributed by atoms with Gasteiger partial charge in [-0.2, -0.15) is 83.4 Å². The number of hydrogen-bond donors (Lipinski definition) is 0. The largest absolute Gasteiger partial charge is 0.493 e. The Bertz CT molecular complexity index is 1910. The number of unbranched alkanes of at least 4 members (excludes halogenated alkanes) is 18. The predicted octanol–water partition coefficient (Wildman–Crippen LogP) is 24.2. The SMILES string of the molecule is CCCCCCCCC[PH+](c1c(F)c(F)c(F)c(F)c1F)C(F)(F)C(F)(F)F.FC(CCCCCCC(F)(F)F)C(F)(F)[B-](C(F)(F)C(F)CCCCCCC(F)(F)F)(C(F)(F)C(F)CCCCCCC(F)(F)F)C(F)(F)C(F)CCCCCCC(F)(F)F. The lowest BCUT2D eigenvalue weighted by Gasteiger charge is -2.60. The van der Waals surface area contributed by atoms with Crippen LogP contribution < -0.4 is 5.30 Å². The molecule has 89 heavy (non-hydrogen) atoms. The van der Waals surface area contributed by atoms with Crippen LogP contribution in [0.4, 0.5) is 149 Å². The van der Waals surface area contributed by atoms with Crippen molar-refractivity contribution in [1.29, 1.82) is 0 Å². The molecule has 1 aromatic carbocycles. The molecule has 5 unspecified atom stereocenters. The van der Waals surface area contributed by atoms with Gasteiger partial charge >= 0.3 is 42.7 Å². The van der Waals surface area contributed by atoms with Crippen molar-refractivity contribution in [2.75, 3.05) is 6.16 Å². The minimum absolute atomic E-state index is 0.210. The third kappa shape index (κ3) is 26.6. The van der Waals surface area contributed by atoms with Crippen LogP contribution in [0.2, 0.25) is 0 Å². The van der Waals surface area contributed by atoms with Gasteiger partial charge in [0.05, 0.1) is 6.16 Å². The van der Waals surface area contributed by atoms with Crippen molar-refractivity contribution in [2.24, 2.45) is 0 Å². The lowest BCUT2D eigenvalue weighted by molar-refractivity contribution is -0.240. The minimum atomic E-state index is -8.43. The Labute approximate surface area is 493 Å². The molecule has 0 aromatic heterocycles. The van der Waals surface area contributed by atoms with Gasteiger partial charge in [0, 0.05) is 25.7 Å². The molecule has 0 radical (unpaired) electrons. The Kier molecular flexibility index (Phi) is 35.7. The van der Waals surface area contributed by atoms with Crippen LogP contribution in [-0.2, 0) is 0 Å². The summed E-state index contributed by atoms with van der Waals surface area (Å²) in [5, 5.41) is -2.03. The van der Waals surface area contributed by atoms with E-state index in [0.717, 1.165) is 19.3 Å². The summed E-state index contributed by atoms with van der Waals surface area (Å²) in [5.74, 6) is -40.8. The molecule has 0 nitrogen and oxygen atoms in total. The third-order valence-electron chi connectivity index (χ3n) is 14.9.